The normalized spacial score (nSPS) is 10.6. The van der Waals surface area contributed by atoms with Gasteiger partial charge in [-0.05, 0) is 26.2 Å². The smallest absolute Gasteiger partial charge is 0.139 e. The Kier molecular flexibility index (Phi) is 3.14. The molecule has 0 radical (unpaired) electrons. The van der Waals surface area contributed by atoms with Crippen LogP contribution in [0.25, 0.3) is 0 Å². The van der Waals surface area contributed by atoms with E-state index in [2.05, 4.69) is 0 Å². The number of halogens is 1. The Balaban J connectivity index is 3.00. The third-order valence-corrected chi connectivity index (χ3v) is 1.67. The van der Waals surface area contributed by atoms with Crippen LogP contribution in [0, 0.1) is 16.6 Å². The van der Waals surface area contributed by atoms with Gasteiger partial charge >= 0.3 is 0 Å². The van der Waals surface area contributed by atoms with Crippen molar-refractivity contribution in [2.45, 2.75) is 0 Å². The first kappa shape index (κ1) is 10.6. The van der Waals surface area contributed by atoms with E-state index in [-0.39, 0.29) is 11.3 Å². The van der Waals surface area contributed by atoms with Crippen LogP contribution in [0.1, 0.15) is 0 Å². The van der Waals surface area contributed by atoms with Crippen molar-refractivity contribution in [1.82, 2.24) is 9.47 Å². The predicted molar refractivity (Wildman–Crippen MR) is 51.9 cm³/mol. The Morgan fingerprint density at radius 2 is 2.14 bits per heavy atom. The summed E-state index contributed by atoms with van der Waals surface area (Å²) in [5.74, 6) is -0.260. The van der Waals surface area contributed by atoms with Crippen molar-refractivity contribution >= 4 is 5.84 Å². The number of aromatic nitrogens is 1. The molecule has 0 fully saturated rings. The molecule has 76 valence electrons. The Bertz CT molecular complexity index is 394. The first-order valence-corrected chi connectivity index (χ1v) is 4.16. The lowest BCUT2D eigenvalue weighted by atomic mass is 10.4. The zero-order chi connectivity index (χ0) is 10.7. The van der Waals surface area contributed by atoms with Gasteiger partial charge in [-0.2, -0.15) is 0 Å². The van der Waals surface area contributed by atoms with E-state index >= 15 is 0 Å². The van der Waals surface area contributed by atoms with E-state index in [1.807, 2.05) is 14.1 Å². The van der Waals surface area contributed by atoms with Crippen molar-refractivity contribution in [1.29, 1.82) is 10.8 Å². The van der Waals surface area contributed by atoms with Crippen LogP contribution >= 0.6 is 0 Å². The minimum atomic E-state index is -0.440. The van der Waals surface area contributed by atoms with E-state index in [0.29, 0.717) is 6.54 Å². The van der Waals surface area contributed by atoms with Crippen LogP contribution in [-0.4, -0.2) is 35.9 Å². The molecule has 0 aromatic carbocycles. The highest BCUT2D eigenvalue weighted by atomic mass is 19.1. The minimum absolute atomic E-state index is 0.109. The largest absolute Gasteiger partial charge is 0.302 e. The summed E-state index contributed by atoms with van der Waals surface area (Å²) >= 11 is 0. The molecule has 0 saturated carbocycles. The van der Waals surface area contributed by atoms with Crippen LogP contribution in [-0.2, 0) is 0 Å². The van der Waals surface area contributed by atoms with Gasteiger partial charge in [0, 0.05) is 6.20 Å². The van der Waals surface area contributed by atoms with Gasteiger partial charge < -0.3 is 4.90 Å². The fraction of sp³-hybridized carbons (Fsp3) is 0.333. The lowest BCUT2D eigenvalue weighted by Crippen LogP contribution is -2.33. The van der Waals surface area contributed by atoms with Crippen molar-refractivity contribution in [3.05, 3.63) is 29.6 Å². The minimum Gasteiger partial charge on any atom is -0.302 e. The molecular weight excluding hydrogens is 183 g/mol. The number of nitrogens with one attached hydrogen (secondary N) is 2. The van der Waals surface area contributed by atoms with Gasteiger partial charge in [0.2, 0.25) is 0 Å². The van der Waals surface area contributed by atoms with Gasteiger partial charge in [-0.1, -0.05) is 0 Å². The zero-order valence-electron chi connectivity index (χ0n) is 8.21. The SMILES string of the molecule is CN(C)CC(=N)n1cc(F)ccc1=N. The topological polar surface area (TPSA) is 55.9 Å². The summed E-state index contributed by atoms with van der Waals surface area (Å²) < 4.78 is 14.0. The summed E-state index contributed by atoms with van der Waals surface area (Å²) in [5.41, 5.74) is 0.109. The summed E-state index contributed by atoms with van der Waals surface area (Å²) in [4.78, 5) is 1.79. The molecule has 4 nitrogen and oxygen atoms in total. The molecule has 0 aliphatic carbocycles. The molecule has 2 N–H and O–H groups in total. The van der Waals surface area contributed by atoms with E-state index < -0.39 is 5.82 Å². The van der Waals surface area contributed by atoms with Crippen LogP contribution < -0.4 is 5.49 Å². The molecule has 0 bridgehead atoms. The van der Waals surface area contributed by atoms with Gasteiger partial charge in [-0.25, -0.2) is 4.39 Å². The Labute approximate surface area is 81.6 Å². The van der Waals surface area contributed by atoms with Gasteiger partial charge in [0.1, 0.15) is 17.1 Å². The fourth-order valence-electron chi connectivity index (χ4n) is 1.07. The number of hydrogen-bond acceptors (Lipinski definition) is 3. The molecule has 1 rings (SSSR count). The van der Waals surface area contributed by atoms with Crippen molar-refractivity contribution in [2.75, 3.05) is 20.6 Å². The van der Waals surface area contributed by atoms with Crippen LogP contribution in [0.3, 0.4) is 0 Å². The highest BCUT2D eigenvalue weighted by Crippen LogP contribution is 1.92. The summed E-state index contributed by atoms with van der Waals surface area (Å²) in [6.07, 6.45) is 1.15. The maximum atomic E-state index is 12.8. The number of rotatable bonds is 2. The molecule has 5 heteroatoms. The molecule has 0 unspecified atom stereocenters. The van der Waals surface area contributed by atoms with Crippen LogP contribution in [0.2, 0.25) is 0 Å². The standard InChI is InChI=1S/C9H13FN4/c1-13(2)6-9(12)14-5-7(10)3-4-8(14)11/h3-5,11-12H,6H2,1-2H3. The van der Waals surface area contributed by atoms with Gasteiger partial charge in [0.05, 0.1) is 6.54 Å². The maximum absolute atomic E-state index is 12.8. The lowest BCUT2D eigenvalue weighted by Gasteiger charge is -2.13. The van der Waals surface area contributed by atoms with Gasteiger partial charge in [0.15, 0.2) is 0 Å². The Morgan fingerprint density at radius 3 is 2.71 bits per heavy atom. The van der Waals surface area contributed by atoms with Crippen LogP contribution in [0.5, 0.6) is 0 Å². The van der Waals surface area contributed by atoms with E-state index in [4.69, 9.17) is 10.8 Å². The average molecular weight is 196 g/mol. The molecule has 0 amide bonds. The maximum Gasteiger partial charge on any atom is 0.139 e. The highest BCUT2D eigenvalue weighted by Gasteiger charge is 2.03. The Morgan fingerprint density at radius 1 is 1.50 bits per heavy atom. The second kappa shape index (κ2) is 4.15. The van der Waals surface area contributed by atoms with E-state index in [1.54, 1.807) is 4.90 Å². The monoisotopic (exact) mass is 196 g/mol. The third kappa shape index (κ3) is 2.50. The molecule has 1 aromatic rings. The number of nitrogens with zero attached hydrogens (tertiary/aromatic N) is 2. The zero-order valence-corrected chi connectivity index (χ0v) is 8.21. The number of pyridine rings is 1. The molecule has 0 atom stereocenters. The quantitative estimate of drug-likeness (QED) is 0.525. The lowest BCUT2D eigenvalue weighted by molar-refractivity contribution is 0.463. The van der Waals surface area contributed by atoms with Gasteiger partial charge in [-0.3, -0.25) is 15.4 Å². The van der Waals surface area contributed by atoms with E-state index in [0.717, 1.165) is 6.20 Å². The number of likely N-dealkylation sites (N-methyl/N-ethyl adjacent to an activating group) is 1. The Hall–Kier alpha value is -1.49. The summed E-state index contributed by atoms with van der Waals surface area (Å²) in [5, 5.41) is 15.1. The molecule has 1 aromatic heterocycles. The molecule has 0 aliphatic rings. The molecule has 14 heavy (non-hydrogen) atoms. The third-order valence-electron chi connectivity index (χ3n) is 1.67. The second-order valence-electron chi connectivity index (χ2n) is 3.29. The van der Waals surface area contributed by atoms with E-state index in [9.17, 15) is 4.39 Å². The second-order valence-corrected chi connectivity index (χ2v) is 3.29. The van der Waals surface area contributed by atoms with Crippen molar-refractivity contribution in [3.63, 3.8) is 0 Å². The summed E-state index contributed by atoms with van der Waals surface area (Å²) in [6, 6.07) is 2.54. The first-order chi connectivity index (χ1) is 6.50. The molecule has 0 aliphatic heterocycles. The van der Waals surface area contributed by atoms with Gasteiger partial charge in [-0.15, -0.1) is 0 Å². The van der Waals surface area contributed by atoms with Gasteiger partial charge in [0.25, 0.3) is 0 Å². The fourth-order valence-corrected chi connectivity index (χ4v) is 1.07. The van der Waals surface area contributed by atoms with Crippen molar-refractivity contribution in [3.8, 4) is 0 Å². The van der Waals surface area contributed by atoms with Crippen LogP contribution in [0.15, 0.2) is 18.3 Å². The average Bonchev–Trinajstić information content (AvgIpc) is 2.08. The van der Waals surface area contributed by atoms with E-state index in [1.165, 1.54) is 16.7 Å². The molecule has 0 saturated heterocycles. The molecular formula is C9H13FN4. The van der Waals surface area contributed by atoms with Crippen molar-refractivity contribution < 1.29 is 4.39 Å². The molecule has 1 heterocycles. The van der Waals surface area contributed by atoms with Crippen molar-refractivity contribution in [2.24, 2.45) is 0 Å². The summed E-state index contributed by atoms with van der Waals surface area (Å²) in [7, 11) is 3.63. The summed E-state index contributed by atoms with van der Waals surface area (Å²) in [6.45, 7) is 0.375. The number of hydrogen-bond donors (Lipinski definition) is 2. The highest BCUT2D eigenvalue weighted by molar-refractivity contribution is 5.83. The molecule has 0 spiro atoms. The predicted octanol–water partition coefficient (Wildman–Crippen LogP) is 0.494. The van der Waals surface area contributed by atoms with Crippen LogP contribution in [0.4, 0.5) is 4.39 Å². The first-order valence-electron chi connectivity index (χ1n) is 4.16.